The fraction of sp³-hybridized carbons (Fsp3) is 0.261. The Morgan fingerprint density at radius 3 is 2.46 bits per heavy atom. The van der Waals surface area contributed by atoms with Crippen molar-refractivity contribution in [1.82, 2.24) is 9.97 Å². The van der Waals surface area contributed by atoms with Gasteiger partial charge in [-0.05, 0) is 51.4 Å². The topological polar surface area (TPSA) is 47.1 Å². The summed E-state index contributed by atoms with van der Waals surface area (Å²) in [6, 6.07) is 16.7. The standard InChI is InChI=1S/C23H23BN2O2/c1-22(2)23(3,4)28-24(27-22)17-9-10-21-18(12-17)19(14-26-21)16-11-15-7-5-6-8-20(15)25-13-16/h5-14,26H,1-4H3. The molecule has 4 aromatic rings. The van der Waals surface area contributed by atoms with Crippen LogP contribution in [-0.2, 0) is 9.31 Å². The third-order valence-electron chi connectivity index (χ3n) is 6.13. The third-order valence-corrected chi connectivity index (χ3v) is 6.13. The molecule has 1 aliphatic rings. The fourth-order valence-corrected chi connectivity index (χ4v) is 3.72. The average Bonchev–Trinajstić information content (AvgIpc) is 3.18. The number of hydrogen-bond donors (Lipinski definition) is 1. The van der Waals surface area contributed by atoms with Crippen molar-refractivity contribution < 1.29 is 9.31 Å². The first-order chi connectivity index (χ1) is 13.3. The number of aromatic amines is 1. The van der Waals surface area contributed by atoms with Crippen molar-refractivity contribution >= 4 is 34.4 Å². The molecule has 5 rings (SSSR count). The van der Waals surface area contributed by atoms with Crippen LogP contribution in [0.1, 0.15) is 27.7 Å². The van der Waals surface area contributed by atoms with Gasteiger partial charge < -0.3 is 14.3 Å². The number of H-pyrrole nitrogens is 1. The minimum absolute atomic E-state index is 0.351. The Hall–Kier alpha value is -2.63. The van der Waals surface area contributed by atoms with Gasteiger partial charge in [-0.25, -0.2) is 0 Å². The van der Waals surface area contributed by atoms with E-state index in [2.05, 4.69) is 68.0 Å². The van der Waals surface area contributed by atoms with Crippen LogP contribution in [0.15, 0.2) is 60.9 Å². The lowest BCUT2D eigenvalue weighted by atomic mass is 9.78. The largest absolute Gasteiger partial charge is 0.494 e. The first kappa shape index (κ1) is 17.5. The van der Waals surface area contributed by atoms with Crippen LogP contribution in [0.2, 0.25) is 0 Å². The van der Waals surface area contributed by atoms with Gasteiger partial charge in [-0.1, -0.05) is 30.3 Å². The molecule has 5 heteroatoms. The van der Waals surface area contributed by atoms with E-state index < -0.39 is 0 Å². The number of hydrogen-bond acceptors (Lipinski definition) is 3. The summed E-state index contributed by atoms with van der Waals surface area (Å²) in [5, 5.41) is 2.28. The average molecular weight is 370 g/mol. The molecule has 0 aliphatic carbocycles. The van der Waals surface area contributed by atoms with E-state index in [0.717, 1.165) is 38.4 Å². The quantitative estimate of drug-likeness (QED) is 0.521. The van der Waals surface area contributed by atoms with Gasteiger partial charge in [-0.3, -0.25) is 4.98 Å². The Kier molecular flexibility index (Phi) is 3.70. The minimum atomic E-state index is -0.369. The molecule has 1 aliphatic heterocycles. The summed E-state index contributed by atoms with van der Waals surface area (Å²) >= 11 is 0. The normalized spacial score (nSPS) is 18.2. The number of benzene rings is 2. The summed E-state index contributed by atoms with van der Waals surface area (Å²) in [4.78, 5) is 7.99. The zero-order valence-electron chi connectivity index (χ0n) is 16.6. The van der Waals surface area contributed by atoms with Crippen LogP contribution in [0, 0.1) is 0 Å². The Labute approximate surface area is 165 Å². The van der Waals surface area contributed by atoms with Crippen LogP contribution < -0.4 is 5.46 Å². The predicted molar refractivity (Wildman–Crippen MR) is 115 cm³/mol. The maximum Gasteiger partial charge on any atom is 0.494 e. The molecule has 0 radical (unpaired) electrons. The van der Waals surface area contributed by atoms with E-state index in [0.29, 0.717) is 0 Å². The molecule has 0 unspecified atom stereocenters. The number of para-hydroxylation sites is 1. The van der Waals surface area contributed by atoms with Crippen LogP contribution in [0.4, 0.5) is 0 Å². The van der Waals surface area contributed by atoms with Gasteiger partial charge in [0.25, 0.3) is 0 Å². The van der Waals surface area contributed by atoms with E-state index in [1.807, 2.05) is 30.6 Å². The van der Waals surface area contributed by atoms with Gasteiger partial charge in [0.15, 0.2) is 0 Å². The highest BCUT2D eigenvalue weighted by molar-refractivity contribution is 6.62. The van der Waals surface area contributed by atoms with Gasteiger partial charge in [0, 0.05) is 39.8 Å². The van der Waals surface area contributed by atoms with E-state index in [-0.39, 0.29) is 18.3 Å². The summed E-state index contributed by atoms with van der Waals surface area (Å²) in [5.41, 5.74) is 4.64. The molecule has 3 heterocycles. The molecule has 1 saturated heterocycles. The Bertz CT molecular complexity index is 1180. The maximum absolute atomic E-state index is 6.23. The molecule has 2 aromatic carbocycles. The van der Waals surface area contributed by atoms with Crippen molar-refractivity contribution in [3.05, 3.63) is 60.9 Å². The highest BCUT2D eigenvalue weighted by Gasteiger charge is 2.51. The lowest BCUT2D eigenvalue weighted by molar-refractivity contribution is 0.00578. The smallest absolute Gasteiger partial charge is 0.399 e. The number of nitrogens with one attached hydrogen (secondary N) is 1. The third kappa shape index (κ3) is 2.66. The second-order valence-electron chi connectivity index (χ2n) is 8.51. The number of fused-ring (bicyclic) bond motifs is 2. The summed E-state index contributed by atoms with van der Waals surface area (Å²) in [6.45, 7) is 8.31. The van der Waals surface area contributed by atoms with E-state index >= 15 is 0 Å². The van der Waals surface area contributed by atoms with Gasteiger partial charge in [-0.2, -0.15) is 0 Å². The molecule has 1 N–H and O–H groups in total. The number of pyridine rings is 1. The SMILES string of the molecule is CC1(C)OB(c2ccc3[nH]cc(-c4cnc5ccccc5c4)c3c2)OC1(C)C. The molecule has 1 fully saturated rings. The van der Waals surface area contributed by atoms with Crippen LogP contribution in [0.5, 0.6) is 0 Å². The monoisotopic (exact) mass is 370 g/mol. The summed E-state index contributed by atoms with van der Waals surface area (Å²) in [6.07, 6.45) is 3.98. The van der Waals surface area contributed by atoms with Crippen molar-refractivity contribution in [2.45, 2.75) is 38.9 Å². The number of nitrogens with zero attached hydrogens (tertiary/aromatic N) is 1. The molecule has 0 spiro atoms. The molecule has 28 heavy (non-hydrogen) atoms. The van der Waals surface area contributed by atoms with E-state index in [1.54, 1.807) is 0 Å². The molecule has 140 valence electrons. The highest BCUT2D eigenvalue weighted by atomic mass is 16.7. The molecule has 0 atom stereocenters. The van der Waals surface area contributed by atoms with Crippen molar-refractivity contribution in [3.63, 3.8) is 0 Å². The van der Waals surface area contributed by atoms with Gasteiger partial charge in [-0.15, -0.1) is 0 Å². The van der Waals surface area contributed by atoms with E-state index in [1.165, 1.54) is 0 Å². The first-order valence-electron chi connectivity index (χ1n) is 9.66. The predicted octanol–water partition coefficient (Wildman–Crippen LogP) is 4.68. The molecule has 0 saturated carbocycles. The van der Waals surface area contributed by atoms with Crippen LogP contribution in [0.3, 0.4) is 0 Å². The Balaban J connectivity index is 1.59. The van der Waals surface area contributed by atoms with Gasteiger partial charge in [0.2, 0.25) is 0 Å². The van der Waals surface area contributed by atoms with E-state index in [9.17, 15) is 0 Å². The maximum atomic E-state index is 6.23. The van der Waals surface area contributed by atoms with E-state index in [4.69, 9.17) is 9.31 Å². The van der Waals surface area contributed by atoms with Crippen molar-refractivity contribution in [2.24, 2.45) is 0 Å². The zero-order valence-corrected chi connectivity index (χ0v) is 16.6. The second-order valence-corrected chi connectivity index (χ2v) is 8.51. The molecule has 2 aromatic heterocycles. The zero-order chi connectivity index (χ0) is 19.5. The molecule has 0 bridgehead atoms. The van der Waals surface area contributed by atoms with Crippen LogP contribution in [-0.4, -0.2) is 28.3 Å². The van der Waals surface area contributed by atoms with Crippen LogP contribution in [0.25, 0.3) is 32.9 Å². The molecular formula is C23H23BN2O2. The Morgan fingerprint density at radius 2 is 1.68 bits per heavy atom. The van der Waals surface area contributed by atoms with Crippen LogP contribution >= 0.6 is 0 Å². The van der Waals surface area contributed by atoms with Crippen molar-refractivity contribution in [1.29, 1.82) is 0 Å². The van der Waals surface area contributed by atoms with Crippen molar-refractivity contribution in [3.8, 4) is 11.1 Å². The second kappa shape index (κ2) is 5.93. The number of rotatable bonds is 2. The summed E-state index contributed by atoms with van der Waals surface area (Å²) in [7, 11) is -0.369. The number of aromatic nitrogens is 2. The minimum Gasteiger partial charge on any atom is -0.399 e. The molecular weight excluding hydrogens is 347 g/mol. The van der Waals surface area contributed by atoms with Crippen molar-refractivity contribution in [2.75, 3.05) is 0 Å². The fourth-order valence-electron chi connectivity index (χ4n) is 3.72. The van der Waals surface area contributed by atoms with Gasteiger partial charge >= 0.3 is 7.12 Å². The molecule has 0 amide bonds. The highest BCUT2D eigenvalue weighted by Crippen LogP contribution is 2.37. The summed E-state index contributed by atoms with van der Waals surface area (Å²) < 4.78 is 12.5. The first-order valence-corrected chi connectivity index (χ1v) is 9.66. The van der Waals surface area contributed by atoms with Gasteiger partial charge in [0.05, 0.1) is 16.7 Å². The van der Waals surface area contributed by atoms with Gasteiger partial charge in [0.1, 0.15) is 0 Å². The lowest BCUT2D eigenvalue weighted by Gasteiger charge is -2.32. The lowest BCUT2D eigenvalue weighted by Crippen LogP contribution is -2.41. The Morgan fingerprint density at radius 1 is 0.929 bits per heavy atom. The molecule has 4 nitrogen and oxygen atoms in total. The summed E-state index contributed by atoms with van der Waals surface area (Å²) in [5.74, 6) is 0.